The lowest BCUT2D eigenvalue weighted by molar-refractivity contribution is -0.122. The van der Waals surface area contributed by atoms with Crippen molar-refractivity contribution in [1.29, 1.82) is 0 Å². The second-order valence-electron chi connectivity index (χ2n) is 7.11. The molecule has 0 aliphatic carbocycles. The van der Waals surface area contributed by atoms with Crippen molar-refractivity contribution in [3.8, 4) is 0 Å². The number of benzene rings is 1. The molecule has 3 amide bonds. The third-order valence-corrected chi connectivity index (χ3v) is 5.32. The van der Waals surface area contributed by atoms with Gasteiger partial charge in [-0.3, -0.25) is 4.79 Å². The van der Waals surface area contributed by atoms with Gasteiger partial charge >= 0.3 is 6.03 Å². The number of urea groups is 1. The molecule has 2 aromatic rings. The van der Waals surface area contributed by atoms with Crippen LogP contribution in [0.3, 0.4) is 0 Å². The standard InChI is InChI=1S/C20H23FN4O2/c21-14-4-5-15-16(12-23-18(15)11-14)13-6-9-25(10-7-13)20(27)24-17-3-1-2-8-22-19(17)26/h4-6,11-12,17,23H,1-3,7-10H2,(H,22,26)(H,24,27)/t17-/m1/s1. The highest BCUT2D eigenvalue weighted by Crippen LogP contribution is 2.29. The van der Waals surface area contributed by atoms with Crippen molar-refractivity contribution in [1.82, 2.24) is 20.5 Å². The third-order valence-electron chi connectivity index (χ3n) is 5.32. The first-order chi connectivity index (χ1) is 13.1. The lowest BCUT2D eigenvalue weighted by Crippen LogP contribution is -2.51. The van der Waals surface area contributed by atoms with Crippen LogP contribution in [0.25, 0.3) is 16.5 Å². The van der Waals surface area contributed by atoms with Crippen molar-refractivity contribution >= 4 is 28.4 Å². The van der Waals surface area contributed by atoms with Crippen LogP contribution in [-0.4, -0.2) is 47.5 Å². The largest absolute Gasteiger partial charge is 0.360 e. The van der Waals surface area contributed by atoms with Crippen molar-refractivity contribution in [2.75, 3.05) is 19.6 Å². The van der Waals surface area contributed by atoms with Crippen molar-refractivity contribution in [2.45, 2.75) is 31.7 Å². The molecule has 1 aromatic heterocycles. The number of fused-ring (bicyclic) bond motifs is 1. The molecule has 0 unspecified atom stereocenters. The number of H-pyrrole nitrogens is 1. The van der Waals surface area contributed by atoms with E-state index in [0.29, 0.717) is 32.5 Å². The van der Waals surface area contributed by atoms with Crippen LogP contribution in [0, 0.1) is 5.82 Å². The number of carbonyl (C=O) groups is 2. The third kappa shape index (κ3) is 3.67. The summed E-state index contributed by atoms with van der Waals surface area (Å²) in [5.41, 5.74) is 2.96. The number of aromatic nitrogens is 1. The lowest BCUT2D eigenvalue weighted by atomic mass is 9.99. The van der Waals surface area contributed by atoms with Gasteiger partial charge in [0.2, 0.25) is 5.91 Å². The zero-order chi connectivity index (χ0) is 18.8. The zero-order valence-corrected chi connectivity index (χ0v) is 15.1. The number of rotatable bonds is 2. The van der Waals surface area contributed by atoms with E-state index in [1.165, 1.54) is 12.1 Å². The molecule has 4 rings (SSSR count). The molecule has 2 aliphatic rings. The van der Waals surface area contributed by atoms with Gasteiger partial charge in [-0.05, 0) is 49.5 Å². The fraction of sp³-hybridized carbons (Fsp3) is 0.400. The molecule has 1 atom stereocenters. The van der Waals surface area contributed by atoms with Gasteiger partial charge in [-0.2, -0.15) is 0 Å². The Hall–Kier alpha value is -2.83. The first kappa shape index (κ1) is 17.6. The van der Waals surface area contributed by atoms with Crippen molar-refractivity contribution < 1.29 is 14.0 Å². The number of nitrogens with zero attached hydrogens (tertiary/aromatic N) is 1. The summed E-state index contributed by atoms with van der Waals surface area (Å²) in [6.07, 6.45) is 7.19. The highest BCUT2D eigenvalue weighted by atomic mass is 19.1. The van der Waals surface area contributed by atoms with E-state index < -0.39 is 6.04 Å². The van der Waals surface area contributed by atoms with E-state index in [9.17, 15) is 14.0 Å². The van der Waals surface area contributed by atoms with Crippen LogP contribution in [0.15, 0.2) is 30.5 Å². The van der Waals surface area contributed by atoms with Crippen molar-refractivity contribution in [3.63, 3.8) is 0 Å². The SMILES string of the molecule is O=C1NCCCC[C@H]1NC(=O)N1CC=C(c2c[nH]c3cc(F)ccc23)CC1. The molecule has 142 valence electrons. The zero-order valence-electron chi connectivity index (χ0n) is 15.1. The van der Waals surface area contributed by atoms with Crippen LogP contribution < -0.4 is 10.6 Å². The summed E-state index contributed by atoms with van der Waals surface area (Å²) in [4.78, 5) is 29.4. The van der Waals surface area contributed by atoms with E-state index in [0.717, 1.165) is 34.9 Å². The Labute approximate surface area is 156 Å². The maximum atomic E-state index is 13.4. The summed E-state index contributed by atoms with van der Waals surface area (Å²) in [7, 11) is 0. The summed E-state index contributed by atoms with van der Waals surface area (Å²) in [6.45, 7) is 1.75. The van der Waals surface area contributed by atoms with Crippen LogP contribution >= 0.6 is 0 Å². The van der Waals surface area contributed by atoms with Gasteiger partial charge in [-0.25, -0.2) is 9.18 Å². The quantitative estimate of drug-likeness (QED) is 0.760. The highest BCUT2D eigenvalue weighted by Gasteiger charge is 2.26. The first-order valence-electron chi connectivity index (χ1n) is 9.41. The molecule has 2 aliphatic heterocycles. The Balaban J connectivity index is 1.43. The number of carbonyl (C=O) groups excluding carboxylic acids is 2. The molecule has 1 fully saturated rings. The van der Waals surface area contributed by atoms with Gasteiger partial charge in [0.1, 0.15) is 11.9 Å². The molecule has 0 spiro atoms. The maximum Gasteiger partial charge on any atom is 0.318 e. The fourth-order valence-electron chi connectivity index (χ4n) is 3.78. The van der Waals surface area contributed by atoms with Crippen molar-refractivity contribution in [2.24, 2.45) is 0 Å². The number of nitrogens with one attached hydrogen (secondary N) is 3. The summed E-state index contributed by atoms with van der Waals surface area (Å²) >= 11 is 0. The molecule has 27 heavy (non-hydrogen) atoms. The topological polar surface area (TPSA) is 77.2 Å². The average molecular weight is 370 g/mol. The van der Waals surface area contributed by atoms with Crippen LogP contribution in [0.1, 0.15) is 31.2 Å². The van der Waals surface area contributed by atoms with Gasteiger partial charge in [0.15, 0.2) is 0 Å². The number of aromatic amines is 1. The van der Waals surface area contributed by atoms with Crippen LogP contribution in [0.5, 0.6) is 0 Å². The van der Waals surface area contributed by atoms with E-state index in [1.807, 2.05) is 12.3 Å². The monoisotopic (exact) mass is 370 g/mol. The number of halogens is 1. The minimum absolute atomic E-state index is 0.0971. The van der Waals surface area contributed by atoms with E-state index in [4.69, 9.17) is 0 Å². The lowest BCUT2D eigenvalue weighted by Gasteiger charge is -2.28. The molecular formula is C20H23FN4O2. The number of amides is 3. The second-order valence-corrected chi connectivity index (χ2v) is 7.11. The van der Waals surface area contributed by atoms with Crippen LogP contribution in [0.2, 0.25) is 0 Å². The predicted molar refractivity (Wildman–Crippen MR) is 102 cm³/mol. The Morgan fingerprint density at radius 2 is 2.19 bits per heavy atom. The predicted octanol–water partition coefficient (Wildman–Crippen LogP) is 2.77. The molecule has 3 heterocycles. The van der Waals surface area contributed by atoms with Gasteiger partial charge in [0.05, 0.1) is 0 Å². The maximum absolute atomic E-state index is 13.4. The highest BCUT2D eigenvalue weighted by molar-refractivity contribution is 5.93. The van der Waals surface area contributed by atoms with Crippen molar-refractivity contribution in [3.05, 3.63) is 41.9 Å². The minimum atomic E-state index is -0.450. The smallest absolute Gasteiger partial charge is 0.318 e. The summed E-state index contributed by atoms with van der Waals surface area (Å²) in [6, 6.07) is 4.07. The number of hydrogen-bond acceptors (Lipinski definition) is 2. The summed E-state index contributed by atoms with van der Waals surface area (Å²) in [5.74, 6) is -0.362. The Bertz CT molecular complexity index is 905. The molecule has 6 nitrogen and oxygen atoms in total. The van der Waals surface area contributed by atoms with Crippen LogP contribution in [0.4, 0.5) is 9.18 Å². The Morgan fingerprint density at radius 3 is 3.00 bits per heavy atom. The van der Waals surface area contributed by atoms with Gasteiger partial charge in [-0.1, -0.05) is 6.08 Å². The molecule has 3 N–H and O–H groups in total. The Kier molecular flexibility index (Phi) is 4.83. The Morgan fingerprint density at radius 1 is 1.30 bits per heavy atom. The summed E-state index contributed by atoms with van der Waals surface area (Å²) < 4.78 is 13.4. The molecular weight excluding hydrogens is 347 g/mol. The molecule has 1 aromatic carbocycles. The van der Waals surface area contributed by atoms with Gasteiger partial charge in [0.25, 0.3) is 0 Å². The summed E-state index contributed by atoms with van der Waals surface area (Å²) in [5, 5.41) is 6.68. The van der Waals surface area contributed by atoms with E-state index in [-0.39, 0.29) is 17.8 Å². The average Bonchev–Trinajstić information content (AvgIpc) is 2.98. The van der Waals surface area contributed by atoms with Gasteiger partial charge in [-0.15, -0.1) is 0 Å². The minimum Gasteiger partial charge on any atom is -0.360 e. The van der Waals surface area contributed by atoms with E-state index in [2.05, 4.69) is 15.6 Å². The first-order valence-corrected chi connectivity index (χ1v) is 9.41. The van der Waals surface area contributed by atoms with E-state index in [1.54, 1.807) is 11.0 Å². The fourth-order valence-corrected chi connectivity index (χ4v) is 3.78. The normalized spacial score (nSPS) is 20.8. The molecule has 0 saturated carbocycles. The molecule has 7 heteroatoms. The second kappa shape index (κ2) is 7.42. The molecule has 0 radical (unpaired) electrons. The molecule has 0 bridgehead atoms. The van der Waals surface area contributed by atoms with Gasteiger partial charge in [0, 0.05) is 42.3 Å². The van der Waals surface area contributed by atoms with Gasteiger partial charge < -0.3 is 20.5 Å². The number of hydrogen-bond donors (Lipinski definition) is 3. The molecule has 1 saturated heterocycles. The van der Waals surface area contributed by atoms with E-state index >= 15 is 0 Å². The van der Waals surface area contributed by atoms with Crippen LogP contribution in [-0.2, 0) is 4.79 Å².